The van der Waals surface area contributed by atoms with Crippen LogP contribution in [0.3, 0.4) is 0 Å². The number of nitrogens with one attached hydrogen (secondary N) is 1. The van der Waals surface area contributed by atoms with E-state index in [-0.39, 0.29) is 6.10 Å². The molecule has 1 aliphatic rings. The Hall–Kier alpha value is -1.06. The summed E-state index contributed by atoms with van der Waals surface area (Å²) >= 11 is 0. The normalized spacial score (nSPS) is 16.9. The Bertz CT molecular complexity index is 398. The molecule has 0 amide bonds. The van der Waals surface area contributed by atoms with Crippen LogP contribution in [0.2, 0.25) is 0 Å². The molecule has 1 aromatic rings. The largest absolute Gasteiger partial charge is 0.393 e. The van der Waals surface area contributed by atoms with Crippen molar-refractivity contribution >= 4 is 5.69 Å². The molecular weight excluding hydrogens is 236 g/mol. The third-order valence-corrected chi connectivity index (χ3v) is 3.90. The third-order valence-electron chi connectivity index (χ3n) is 3.90. The summed E-state index contributed by atoms with van der Waals surface area (Å²) in [6.45, 7) is 8.34. The summed E-state index contributed by atoms with van der Waals surface area (Å²) in [5.41, 5.74) is 4.03. The van der Waals surface area contributed by atoms with Crippen LogP contribution in [0.1, 0.15) is 37.3 Å². The highest BCUT2D eigenvalue weighted by Gasteiger charge is 2.17. The van der Waals surface area contributed by atoms with Gasteiger partial charge in [-0.3, -0.25) is 0 Å². The number of aliphatic hydroxyl groups is 1. The Morgan fingerprint density at radius 1 is 1.32 bits per heavy atom. The quantitative estimate of drug-likeness (QED) is 0.800. The van der Waals surface area contributed by atoms with E-state index in [1.807, 2.05) is 0 Å². The molecule has 0 saturated carbocycles. The first-order chi connectivity index (χ1) is 9.20. The van der Waals surface area contributed by atoms with Crippen molar-refractivity contribution in [3.05, 3.63) is 29.3 Å². The number of nitrogens with zero attached hydrogens (tertiary/aromatic N) is 1. The summed E-state index contributed by atoms with van der Waals surface area (Å²) in [6.07, 6.45) is 2.85. The van der Waals surface area contributed by atoms with E-state index in [2.05, 4.69) is 42.3 Å². The third kappa shape index (κ3) is 3.95. The number of rotatable bonds is 5. The van der Waals surface area contributed by atoms with E-state index in [4.69, 9.17) is 0 Å². The molecule has 2 rings (SSSR count). The molecule has 19 heavy (non-hydrogen) atoms. The van der Waals surface area contributed by atoms with Gasteiger partial charge in [-0.05, 0) is 56.0 Å². The summed E-state index contributed by atoms with van der Waals surface area (Å²) in [5.74, 6) is 0. The molecule has 0 radical (unpaired) electrons. The van der Waals surface area contributed by atoms with E-state index < -0.39 is 0 Å². The van der Waals surface area contributed by atoms with E-state index in [9.17, 15) is 5.11 Å². The maximum Gasteiger partial charge on any atom is 0.0574 e. The van der Waals surface area contributed by atoms with Crippen molar-refractivity contribution in [2.45, 2.75) is 45.8 Å². The molecule has 1 saturated heterocycles. The fourth-order valence-electron chi connectivity index (χ4n) is 2.60. The molecule has 0 spiro atoms. The Labute approximate surface area is 116 Å². The van der Waals surface area contributed by atoms with Crippen LogP contribution in [-0.2, 0) is 6.54 Å². The van der Waals surface area contributed by atoms with Crippen LogP contribution in [0, 0.1) is 6.92 Å². The summed E-state index contributed by atoms with van der Waals surface area (Å²) in [6, 6.07) is 6.73. The maximum atomic E-state index is 9.56. The lowest BCUT2D eigenvalue weighted by molar-refractivity contribution is 0.145. The fraction of sp³-hybridized carbons (Fsp3) is 0.625. The van der Waals surface area contributed by atoms with Crippen molar-refractivity contribution in [3.63, 3.8) is 0 Å². The summed E-state index contributed by atoms with van der Waals surface area (Å²) in [5, 5.41) is 13.0. The van der Waals surface area contributed by atoms with E-state index in [0.29, 0.717) is 0 Å². The second kappa shape index (κ2) is 6.92. The smallest absolute Gasteiger partial charge is 0.0574 e. The van der Waals surface area contributed by atoms with Gasteiger partial charge in [-0.1, -0.05) is 13.0 Å². The number of aliphatic hydroxyl groups excluding tert-OH is 1. The highest BCUT2D eigenvalue weighted by molar-refractivity contribution is 5.51. The average Bonchev–Trinajstić information content (AvgIpc) is 2.42. The van der Waals surface area contributed by atoms with Crippen LogP contribution in [-0.4, -0.2) is 30.8 Å². The van der Waals surface area contributed by atoms with Gasteiger partial charge >= 0.3 is 0 Å². The number of anilines is 1. The van der Waals surface area contributed by atoms with Gasteiger partial charge in [-0.25, -0.2) is 0 Å². The van der Waals surface area contributed by atoms with Gasteiger partial charge in [-0.15, -0.1) is 0 Å². The molecule has 2 N–H and O–H groups in total. The molecule has 1 aliphatic heterocycles. The van der Waals surface area contributed by atoms with Crippen molar-refractivity contribution < 1.29 is 5.11 Å². The lowest BCUT2D eigenvalue weighted by Gasteiger charge is -2.31. The number of benzene rings is 1. The SMILES string of the molecule is CCCNCc1ccc(N2CCC(O)CC2)cc1C. The van der Waals surface area contributed by atoms with Crippen molar-refractivity contribution in [1.82, 2.24) is 5.32 Å². The second-order valence-electron chi connectivity index (χ2n) is 5.51. The number of piperidine rings is 1. The summed E-state index contributed by atoms with van der Waals surface area (Å²) in [4.78, 5) is 2.38. The number of hydrogen-bond acceptors (Lipinski definition) is 3. The average molecular weight is 262 g/mol. The minimum atomic E-state index is -0.102. The lowest BCUT2D eigenvalue weighted by Crippen LogP contribution is -2.35. The molecular formula is C16H26N2O. The Morgan fingerprint density at radius 3 is 2.68 bits per heavy atom. The molecule has 0 atom stereocenters. The minimum Gasteiger partial charge on any atom is -0.393 e. The van der Waals surface area contributed by atoms with Gasteiger partial charge in [0.2, 0.25) is 0 Å². The molecule has 0 bridgehead atoms. The van der Waals surface area contributed by atoms with Crippen LogP contribution in [0.15, 0.2) is 18.2 Å². The van der Waals surface area contributed by atoms with Gasteiger partial charge in [0.1, 0.15) is 0 Å². The molecule has 3 nitrogen and oxygen atoms in total. The standard InChI is InChI=1S/C16H26N2O/c1-3-8-17-12-14-4-5-15(11-13(14)2)18-9-6-16(19)7-10-18/h4-5,11,16-17,19H,3,6-10,12H2,1-2H3. The van der Waals surface area contributed by atoms with Crippen LogP contribution >= 0.6 is 0 Å². The Morgan fingerprint density at radius 2 is 2.05 bits per heavy atom. The second-order valence-corrected chi connectivity index (χ2v) is 5.51. The summed E-state index contributed by atoms with van der Waals surface area (Å²) < 4.78 is 0. The number of aryl methyl sites for hydroxylation is 1. The van der Waals surface area contributed by atoms with Crippen molar-refractivity contribution in [3.8, 4) is 0 Å². The van der Waals surface area contributed by atoms with Crippen molar-refractivity contribution in [1.29, 1.82) is 0 Å². The first-order valence-electron chi connectivity index (χ1n) is 7.44. The van der Waals surface area contributed by atoms with Crippen molar-refractivity contribution in [2.24, 2.45) is 0 Å². The topological polar surface area (TPSA) is 35.5 Å². The van der Waals surface area contributed by atoms with Gasteiger partial charge in [0.15, 0.2) is 0 Å². The van der Waals surface area contributed by atoms with Gasteiger partial charge in [0, 0.05) is 25.3 Å². The molecule has 106 valence electrons. The number of hydrogen-bond donors (Lipinski definition) is 2. The van der Waals surface area contributed by atoms with Crippen LogP contribution in [0.4, 0.5) is 5.69 Å². The molecule has 0 aliphatic carbocycles. The zero-order chi connectivity index (χ0) is 13.7. The van der Waals surface area contributed by atoms with E-state index in [0.717, 1.165) is 39.0 Å². The van der Waals surface area contributed by atoms with E-state index >= 15 is 0 Å². The van der Waals surface area contributed by atoms with Gasteiger partial charge < -0.3 is 15.3 Å². The molecule has 3 heteroatoms. The molecule has 1 aromatic carbocycles. The molecule has 1 heterocycles. The highest BCUT2D eigenvalue weighted by Crippen LogP contribution is 2.23. The van der Waals surface area contributed by atoms with Crippen molar-refractivity contribution in [2.75, 3.05) is 24.5 Å². The van der Waals surface area contributed by atoms with Crippen LogP contribution < -0.4 is 10.2 Å². The lowest BCUT2D eigenvalue weighted by atomic mass is 10.0. The van der Waals surface area contributed by atoms with Gasteiger partial charge in [-0.2, -0.15) is 0 Å². The predicted molar refractivity (Wildman–Crippen MR) is 80.6 cm³/mol. The Balaban J connectivity index is 1.98. The molecule has 1 fully saturated rings. The zero-order valence-electron chi connectivity index (χ0n) is 12.2. The first-order valence-corrected chi connectivity index (χ1v) is 7.44. The summed E-state index contributed by atoms with van der Waals surface area (Å²) in [7, 11) is 0. The molecule has 0 aromatic heterocycles. The van der Waals surface area contributed by atoms with Gasteiger partial charge in [0.25, 0.3) is 0 Å². The van der Waals surface area contributed by atoms with E-state index in [1.165, 1.54) is 23.2 Å². The molecule has 0 unspecified atom stereocenters. The monoisotopic (exact) mass is 262 g/mol. The van der Waals surface area contributed by atoms with Crippen LogP contribution in [0.5, 0.6) is 0 Å². The minimum absolute atomic E-state index is 0.102. The predicted octanol–water partition coefficient (Wildman–Crippen LogP) is 2.46. The maximum absolute atomic E-state index is 9.56. The zero-order valence-corrected chi connectivity index (χ0v) is 12.2. The van der Waals surface area contributed by atoms with E-state index in [1.54, 1.807) is 0 Å². The van der Waals surface area contributed by atoms with Crippen LogP contribution in [0.25, 0.3) is 0 Å². The Kier molecular flexibility index (Phi) is 5.23. The fourth-order valence-corrected chi connectivity index (χ4v) is 2.60. The van der Waals surface area contributed by atoms with Gasteiger partial charge in [0.05, 0.1) is 6.10 Å². The first kappa shape index (κ1) is 14.4. The highest BCUT2D eigenvalue weighted by atomic mass is 16.3.